The number of hydrogen-bond donors (Lipinski definition) is 3. The molecule has 0 aromatic rings. The lowest BCUT2D eigenvalue weighted by Gasteiger charge is -2.14. The number of methoxy groups -OCH3 is 1. The van der Waals surface area contributed by atoms with Gasteiger partial charge in [0.25, 0.3) is 0 Å². The van der Waals surface area contributed by atoms with Crippen LogP contribution in [0.2, 0.25) is 0 Å². The van der Waals surface area contributed by atoms with Gasteiger partial charge in [0, 0.05) is 20.3 Å². The molecule has 0 bridgehead atoms. The Morgan fingerprint density at radius 2 is 1.27 bits per heavy atom. The molecule has 0 aliphatic carbocycles. The molecule has 0 aliphatic heterocycles. The van der Waals surface area contributed by atoms with Gasteiger partial charge in [-0.25, -0.2) is 0 Å². The lowest BCUT2D eigenvalue weighted by molar-refractivity contribution is -0.127. The van der Waals surface area contributed by atoms with Crippen LogP contribution in [0, 0.1) is 0 Å². The van der Waals surface area contributed by atoms with Gasteiger partial charge in [0.15, 0.2) is 0 Å². The number of aliphatic hydroxyl groups is 1. The number of aliphatic hydroxyl groups excluding tert-OH is 1. The predicted octanol–water partition coefficient (Wildman–Crippen LogP) is 5.50. The van der Waals surface area contributed by atoms with Crippen molar-refractivity contribution in [3.63, 3.8) is 0 Å². The zero-order chi connectivity index (χ0) is 27.1. The third kappa shape index (κ3) is 29.8. The number of hydrogen-bond acceptors (Lipinski definition) is 7. The second-order valence-corrected chi connectivity index (χ2v) is 9.98. The van der Waals surface area contributed by atoms with Gasteiger partial charge in [0.2, 0.25) is 5.91 Å². The van der Waals surface area contributed by atoms with Crippen LogP contribution in [-0.4, -0.2) is 82.8 Å². The number of amides is 1. The van der Waals surface area contributed by atoms with Crippen LogP contribution in [0.1, 0.15) is 96.3 Å². The molecule has 1 atom stereocenters. The molecular weight excluding hydrogens is 490 g/mol. The van der Waals surface area contributed by atoms with Crippen molar-refractivity contribution in [3.05, 3.63) is 12.2 Å². The van der Waals surface area contributed by atoms with Gasteiger partial charge >= 0.3 is 0 Å². The van der Waals surface area contributed by atoms with Gasteiger partial charge in [0.05, 0.1) is 39.1 Å². The lowest BCUT2D eigenvalue weighted by atomic mass is 10.1. The third-order valence-electron chi connectivity index (χ3n) is 6.07. The standard InChI is InChI=1S/C29H57NO6S/c1-33-21-22-34-19-15-13-16-20-35-23-24-36-27-29(32)30-28(26-31)18-14-11-9-7-5-3-2-4-6-8-10-12-17-25-37/h11,14,28,31,37H,2-10,12-13,15-27H2,1H3,(H,30,32)/b14-11+. The number of unbranched alkanes of at least 4 members (excludes halogenated alkanes) is 12. The molecule has 1 unspecified atom stereocenters. The largest absolute Gasteiger partial charge is 0.394 e. The zero-order valence-corrected chi connectivity index (χ0v) is 24.5. The molecule has 0 aliphatic rings. The van der Waals surface area contributed by atoms with Gasteiger partial charge in [-0.2, -0.15) is 12.6 Å². The first-order chi connectivity index (χ1) is 18.2. The van der Waals surface area contributed by atoms with Crippen molar-refractivity contribution in [1.82, 2.24) is 5.32 Å². The van der Waals surface area contributed by atoms with E-state index < -0.39 is 0 Å². The Balaban J connectivity index is 3.48. The number of ether oxygens (including phenoxy) is 4. The first-order valence-electron chi connectivity index (χ1n) is 14.6. The van der Waals surface area contributed by atoms with E-state index in [1.54, 1.807) is 7.11 Å². The fourth-order valence-corrected chi connectivity index (χ4v) is 4.05. The molecular formula is C29H57NO6S. The van der Waals surface area contributed by atoms with E-state index in [2.05, 4.69) is 30.1 Å². The zero-order valence-electron chi connectivity index (χ0n) is 23.6. The first-order valence-corrected chi connectivity index (χ1v) is 15.3. The van der Waals surface area contributed by atoms with Gasteiger partial charge in [-0.1, -0.05) is 63.5 Å². The van der Waals surface area contributed by atoms with E-state index >= 15 is 0 Å². The summed E-state index contributed by atoms with van der Waals surface area (Å²) in [6, 6.07) is -0.269. The normalized spacial score (nSPS) is 12.4. The van der Waals surface area contributed by atoms with Gasteiger partial charge in [-0.3, -0.25) is 4.79 Å². The third-order valence-corrected chi connectivity index (χ3v) is 6.38. The summed E-state index contributed by atoms with van der Waals surface area (Å²) in [6.45, 7) is 3.48. The predicted molar refractivity (Wildman–Crippen MR) is 156 cm³/mol. The lowest BCUT2D eigenvalue weighted by Crippen LogP contribution is -2.39. The van der Waals surface area contributed by atoms with E-state index in [1.165, 1.54) is 64.2 Å². The Kier molecular flexibility index (Phi) is 31.0. The molecule has 0 fully saturated rings. The Morgan fingerprint density at radius 3 is 1.86 bits per heavy atom. The molecule has 7 nitrogen and oxygen atoms in total. The highest BCUT2D eigenvalue weighted by atomic mass is 32.1. The molecule has 0 rings (SSSR count). The number of carbonyl (C=O) groups is 1. The van der Waals surface area contributed by atoms with Gasteiger partial charge in [0.1, 0.15) is 6.61 Å². The molecule has 0 heterocycles. The van der Waals surface area contributed by atoms with Crippen LogP contribution in [0.3, 0.4) is 0 Å². The van der Waals surface area contributed by atoms with Crippen molar-refractivity contribution in [3.8, 4) is 0 Å². The molecule has 0 aromatic carbocycles. The molecule has 0 radical (unpaired) electrons. The number of allylic oxidation sites excluding steroid dienone is 1. The minimum absolute atomic E-state index is 0.0158. The van der Waals surface area contributed by atoms with Gasteiger partial charge < -0.3 is 29.4 Å². The fraction of sp³-hybridized carbons (Fsp3) is 0.897. The van der Waals surface area contributed by atoms with Crippen LogP contribution in [-0.2, 0) is 23.7 Å². The monoisotopic (exact) mass is 547 g/mol. The summed E-state index contributed by atoms with van der Waals surface area (Å²) in [5.41, 5.74) is 0. The summed E-state index contributed by atoms with van der Waals surface area (Å²) in [4.78, 5) is 12.0. The molecule has 37 heavy (non-hydrogen) atoms. The summed E-state index contributed by atoms with van der Waals surface area (Å²) in [5, 5.41) is 12.4. The van der Waals surface area contributed by atoms with E-state index in [1.807, 2.05) is 0 Å². The Hall–Kier alpha value is -0.640. The maximum absolute atomic E-state index is 12.0. The average Bonchev–Trinajstić information content (AvgIpc) is 2.90. The van der Waals surface area contributed by atoms with Crippen molar-refractivity contribution >= 4 is 18.5 Å². The molecule has 0 saturated carbocycles. The highest BCUT2D eigenvalue weighted by molar-refractivity contribution is 7.80. The summed E-state index contributed by atoms with van der Waals surface area (Å²) in [5.74, 6) is 0.812. The SMILES string of the molecule is COCCOCCCCCOCCOCC(=O)NC(CO)C/C=C/CCCCCCCCCCCCS. The van der Waals surface area contributed by atoms with Crippen molar-refractivity contribution in [2.24, 2.45) is 0 Å². The number of nitrogens with one attached hydrogen (secondary N) is 1. The van der Waals surface area contributed by atoms with Crippen molar-refractivity contribution in [2.75, 3.05) is 65.7 Å². The number of carbonyl (C=O) groups excluding carboxylic acids is 1. The van der Waals surface area contributed by atoms with Crippen molar-refractivity contribution < 1.29 is 28.8 Å². The summed E-state index contributed by atoms with van der Waals surface area (Å²) in [7, 11) is 1.67. The Labute approximate surface area is 232 Å². The van der Waals surface area contributed by atoms with Crippen molar-refractivity contribution in [1.29, 1.82) is 0 Å². The quantitative estimate of drug-likeness (QED) is 0.0626. The molecule has 2 N–H and O–H groups in total. The minimum Gasteiger partial charge on any atom is -0.394 e. The summed E-state index contributed by atoms with van der Waals surface area (Å²) >= 11 is 4.25. The summed E-state index contributed by atoms with van der Waals surface area (Å²) < 4.78 is 21.2. The Bertz CT molecular complexity index is 495. The second-order valence-electron chi connectivity index (χ2n) is 9.53. The van der Waals surface area contributed by atoms with Crippen LogP contribution >= 0.6 is 12.6 Å². The van der Waals surface area contributed by atoms with E-state index in [0.29, 0.717) is 39.5 Å². The van der Waals surface area contributed by atoms with E-state index in [9.17, 15) is 9.90 Å². The molecule has 0 spiro atoms. The van der Waals surface area contributed by atoms with Crippen molar-refractivity contribution in [2.45, 2.75) is 102 Å². The van der Waals surface area contributed by atoms with Gasteiger partial charge in [-0.15, -0.1) is 0 Å². The number of rotatable bonds is 30. The average molecular weight is 548 g/mol. The molecule has 220 valence electrons. The highest BCUT2D eigenvalue weighted by Crippen LogP contribution is 2.12. The molecule has 0 saturated heterocycles. The summed E-state index contributed by atoms with van der Waals surface area (Å²) in [6.07, 6.45) is 22.1. The second kappa shape index (κ2) is 31.6. The van der Waals surface area contributed by atoms with Crippen LogP contribution in [0.15, 0.2) is 12.2 Å². The van der Waals surface area contributed by atoms with E-state index in [4.69, 9.17) is 18.9 Å². The van der Waals surface area contributed by atoms with E-state index in [0.717, 1.165) is 38.0 Å². The van der Waals surface area contributed by atoms with Gasteiger partial charge in [-0.05, 0) is 50.7 Å². The smallest absolute Gasteiger partial charge is 0.246 e. The van der Waals surface area contributed by atoms with Crippen LogP contribution in [0.5, 0.6) is 0 Å². The molecule has 8 heteroatoms. The minimum atomic E-state index is -0.269. The maximum atomic E-state index is 12.0. The van der Waals surface area contributed by atoms with Crippen LogP contribution < -0.4 is 5.32 Å². The highest BCUT2D eigenvalue weighted by Gasteiger charge is 2.09. The van der Waals surface area contributed by atoms with Crippen LogP contribution in [0.25, 0.3) is 0 Å². The maximum Gasteiger partial charge on any atom is 0.246 e. The Morgan fingerprint density at radius 1 is 0.730 bits per heavy atom. The van der Waals surface area contributed by atoms with Crippen LogP contribution in [0.4, 0.5) is 0 Å². The molecule has 0 aromatic heterocycles. The van der Waals surface area contributed by atoms with E-state index in [-0.39, 0.29) is 25.2 Å². The first kappa shape index (κ1) is 36.4. The number of thiol groups is 1. The fourth-order valence-electron chi connectivity index (χ4n) is 3.83. The molecule has 1 amide bonds. The topological polar surface area (TPSA) is 86.2 Å².